The van der Waals surface area contributed by atoms with Gasteiger partial charge < -0.3 is 4.74 Å². The van der Waals surface area contributed by atoms with Gasteiger partial charge in [-0.1, -0.05) is 76.2 Å². The van der Waals surface area contributed by atoms with Crippen LogP contribution in [0.15, 0.2) is 66.7 Å². The normalized spacial score (nSPS) is 16.8. The first-order valence-electron chi connectivity index (χ1n) is 12.0. The van der Waals surface area contributed by atoms with E-state index < -0.39 is 0 Å². The van der Waals surface area contributed by atoms with Crippen LogP contribution in [-0.2, 0) is 10.8 Å². The summed E-state index contributed by atoms with van der Waals surface area (Å²) in [6.45, 7) is 15.8. The van der Waals surface area contributed by atoms with Crippen LogP contribution >= 0.6 is 0 Å². The third-order valence-corrected chi connectivity index (χ3v) is 7.76. The Balaban J connectivity index is 1.68. The molecule has 6 rings (SSSR count). The van der Waals surface area contributed by atoms with Gasteiger partial charge in [-0.05, 0) is 88.9 Å². The van der Waals surface area contributed by atoms with Crippen LogP contribution in [0.4, 0.5) is 0 Å². The van der Waals surface area contributed by atoms with Gasteiger partial charge in [-0.25, -0.2) is 0 Å². The lowest BCUT2D eigenvalue weighted by Crippen LogP contribution is -2.23. The quantitative estimate of drug-likeness (QED) is 0.292. The lowest BCUT2D eigenvalue weighted by atomic mass is 9.79. The zero-order valence-electron chi connectivity index (χ0n) is 20.8. The van der Waals surface area contributed by atoms with Gasteiger partial charge in [0.05, 0.1) is 0 Å². The summed E-state index contributed by atoms with van der Waals surface area (Å²) in [5.74, 6) is 0.982. The van der Waals surface area contributed by atoms with Crippen LogP contribution in [0.1, 0.15) is 70.7 Å². The number of hydrogen-bond donors (Lipinski definition) is 0. The summed E-state index contributed by atoms with van der Waals surface area (Å²) in [5.41, 5.74) is 10.8. The predicted octanol–water partition coefficient (Wildman–Crippen LogP) is 8.63. The molecular formula is C32H32O. The second-order valence-corrected chi connectivity index (χ2v) is 11.8. The molecule has 0 radical (unpaired) electrons. The van der Waals surface area contributed by atoms with Gasteiger partial charge in [-0.3, -0.25) is 0 Å². The highest BCUT2D eigenvalue weighted by Gasteiger charge is 2.42. The molecule has 2 aliphatic carbocycles. The topological polar surface area (TPSA) is 9.23 Å². The molecule has 0 fully saturated rings. The molecule has 0 aliphatic heterocycles. The van der Waals surface area contributed by atoms with Crippen molar-refractivity contribution < 1.29 is 4.74 Å². The highest BCUT2D eigenvalue weighted by Crippen LogP contribution is 2.58. The fourth-order valence-corrected chi connectivity index (χ4v) is 6.16. The van der Waals surface area contributed by atoms with Gasteiger partial charge in [0.25, 0.3) is 0 Å². The molecule has 0 aromatic heterocycles. The number of fused-ring (bicyclic) bond motifs is 8. The van der Waals surface area contributed by atoms with Gasteiger partial charge in [0, 0.05) is 16.2 Å². The van der Waals surface area contributed by atoms with E-state index in [-0.39, 0.29) is 16.4 Å². The number of hydrogen-bond acceptors (Lipinski definition) is 1. The van der Waals surface area contributed by atoms with E-state index in [1.54, 1.807) is 0 Å². The van der Waals surface area contributed by atoms with Crippen LogP contribution in [0.3, 0.4) is 0 Å². The maximum Gasteiger partial charge on any atom is 0.128 e. The van der Waals surface area contributed by atoms with E-state index in [1.165, 1.54) is 55.3 Å². The number of benzene rings is 4. The molecule has 2 aliphatic rings. The van der Waals surface area contributed by atoms with Gasteiger partial charge in [0.1, 0.15) is 11.4 Å². The lowest BCUT2D eigenvalue weighted by molar-refractivity contribution is 0.133. The van der Waals surface area contributed by atoms with Crippen molar-refractivity contribution in [3.05, 3.63) is 89.0 Å². The molecule has 0 atom stereocenters. The third-order valence-electron chi connectivity index (χ3n) is 7.76. The first-order chi connectivity index (χ1) is 15.5. The van der Waals surface area contributed by atoms with E-state index in [1.807, 2.05) is 0 Å². The molecule has 0 saturated carbocycles. The molecule has 0 bridgehead atoms. The number of ether oxygens (including phenoxy) is 1. The standard InChI is InChI=1S/C32H32O/c1-30(2,3)33-28-18-27-29(21-14-9-8-13-20(21)28)23-17-25-22(16-26(23)32(27,6)7)19-12-10-11-15-24(19)31(25,4)5/h8-18H,1-7H3. The van der Waals surface area contributed by atoms with E-state index in [2.05, 4.69) is 115 Å². The van der Waals surface area contributed by atoms with Crippen LogP contribution < -0.4 is 4.74 Å². The largest absolute Gasteiger partial charge is 0.487 e. The van der Waals surface area contributed by atoms with E-state index in [4.69, 9.17) is 4.74 Å². The molecule has 0 saturated heterocycles. The Kier molecular flexibility index (Phi) is 3.91. The predicted molar refractivity (Wildman–Crippen MR) is 139 cm³/mol. The second kappa shape index (κ2) is 6.29. The lowest BCUT2D eigenvalue weighted by Gasteiger charge is -2.26. The second-order valence-electron chi connectivity index (χ2n) is 11.8. The summed E-state index contributed by atoms with van der Waals surface area (Å²) in [7, 11) is 0. The molecule has 1 nitrogen and oxygen atoms in total. The average molecular weight is 433 g/mol. The Morgan fingerprint density at radius 2 is 1.15 bits per heavy atom. The third kappa shape index (κ3) is 2.72. The molecule has 1 heteroatoms. The van der Waals surface area contributed by atoms with E-state index in [9.17, 15) is 0 Å². The smallest absolute Gasteiger partial charge is 0.128 e. The Hall–Kier alpha value is -3.06. The molecular weight excluding hydrogens is 400 g/mol. The van der Waals surface area contributed by atoms with Crippen molar-refractivity contribution in [2.45, 2.75) is 64.9 Å². The first kappa shape index (κ1) is 20.5. The summed E-state index contributed by atoms with van der Waals surface area (Å²) in [6, 6.07) is 25.0. The Morgan fingerprint density at radius 1 is 0.576 bits per heavy atom. The molecule has 166 valence electrons. The van der Waals surface area contributed by atoms with Gasteiger partial charge in [0.15, 0.2) is 0 Å². The van der Waals surface area contributed by atoms with Crippen molar-refractivity contribution in [2.24, 2.45) is 0 Å². The summed E-state index contributed by atoms with van der Waals surface area (Å²) in [6.07, 6.45) is 0. The van der Waals surface area contributed by atoms with Crippen LogP contribution in [-0.4, -0.2) is 5.60 Å². The van der Waals surface area contributed by atoms with E-state index >= 15 is 0 Å². The minimum atomic E-state index is -0.248. The summed E-state index contributed by atoms with van der Waals surface area (Å²) >= 11 is 0. The minimum absolute atomic E-state index is 0.00105. The summed E-state index contributed by atoms with van der Waals surface area (Å²) in [5, 5.41) is 2.48. The SMILES string of the molecule is CC(C)(C)Oc1cc2c(c3ccccc13)-c1cc3c(cc1C2(C)C)-c1ccccc1C3(C)C. The van der Waals surface area contributed by atoms with Crippen molar-refractivity contribution in [2.75, 3.05) is 0 Å². The van der Waals surface area contributed by atoms with Gasteiger partial charge in [-0.15, -0.1) is 0 Å². The summed E-state index contributed by atoms with van der Waals surface area (Å²) in [4.78, 5) is 0. The van der Waals surface area contributed by atoms with Crippen molar-refractivity contribution in [1.82, 2.24) is 0 Å². The zero-order chi connectivity index (χ0) is 23.3. The first-order valence-corrected chi connectivity index (χ1v) is 12.0. The monoisotopic (exact) mass is 432 g/mol. The molecule has 0 N–H and O–H groups in total. The molecule has 4 aromatic carbocycles. The highest BCUT2D eigenvalue weighted by atomic mass is 16.5. The molecule has 4 aromatic rings. The van der Waals surface area contributed by atoms with Gasteiger partial charge in [0.2, 0.25) is 0 Å². The zero-order valence-corrected chi connectivity index (χ0v) is 20.8. The summed E-state index contributed by atoms with van der Waals surface area (Å²) < 4.78 is 6.49. The maximum atomic E-state index is 6.49. The van der Waals surface area contributed by atoms with Crippen molar-refractivity contribution >= 4 is 10.8 Å². The molecule has 0 amide bonds. The molecule has 33 heavy (non-hydrogen) atoms. The van der Waals surface area contributed by atoms with E-state index in [0.29, 0.717) is 0 Å². The molecule has 0 unspecified atom stereocenters. The Labute approximate surface area is 197 Å². The minimum Gasteiger partial charge on any atom is -0.487 e. The Bertz CT molecular complexity index is 1460. The average Bonchev–Trinajstić information content (AvgIpc) is 3.12. The number of rotatable bonds is 1. The van der Waals surface area contributed by atoms with Crippen molar-refractivity contribution in [3.63, 3.8) is 0 Å². The maximum absolute atomic E-state index is 6.49. The van der Waals surface area contributed by atoms with Crippen LogP contribution in [0.5, 0.6) is 5.75 Å². The fraction of sp³-hybridized carbons (Fsp3) is 0.312. The van der Waals surface area contributed by atoms with Gasteiger partial charge >= 0.3 is 0 Å². The van der Waals surface area contributed by atoms with Crippen LogP contribution in [0, 0.1) is 0 Å². The Morgan fingerprint density at radius 3 is 1.88 bits per heavy atom. The molecule has 0 spiro atoms. The highest BCUT2D eigenvalue weighted by molar-refractivity contribution is 6.06. The van der Waals surface area contributed by atoms with Gasteiger partial charge in [-0.2, -0.15) is 0 Å². The van der Waals surface area contributed by atoms with Crippen LogP contribution in [0.2, 0.25) is 0 Å². The molecule has 0 heterocycles. The van der Waals surface area contributed by atoms with Crippen molar-refractivity contribution in [3.8, 4) is 28.0 Å². The van der Waals surface area contributed by atoms with E-state index in [0.717, 1.165) is 5.75 Å². The van der Waals surface area contributed by atoms with Crippen molar-refractivity contribution in [1.29, 1.82) is 0 Å². The fourth-order valence-electron chi connectivity index (χ4n) is 6.16. The van der Waals surface area contributed by atoms with Crippen LogP contribution in [0.25, 0.3) is 33.0 Å².